The van der Waals surface area contributed by atoms with Gasteiger partial charge < -0.3 is 64.8 Å². The second-order valence-corrected chi connectivity index (χ2v) is 32.9. The standard InChI is InChI=1S/C76H121F5N12O13/c1-16-23-54-65(97)83-64(46(5)17-2)72(104)87(11)42-62(96)89(13)55-26-20-19-21-33-92(71(55)103)59(37-48-29-27-45(4)28-30-48)69(101)86(10)41-60(94)82-53(32-31-49-34-51(77)63(52(78)35-49)76(79,80)81)67(99)93-40-50(106-18-3)38-56(93)66(98)84-75(43-74(6,7)44-75)73(105)91(15)57(36-47-24-22-25-47)70(102)90(14)58(68(100)85(8)9)39-61(95)88(54)12/h19-20,45-59,63-64H,16-18,21-44H2,1-15H3,(H,82,94)(H,83,97)(H,84,98)/b20-19-/t45?,46-,48?,49?,50+,51?,52?,53-,54-,55-,56-,57-,58-,59-,63?,64-/m0/s1. The van der Waals surface area contributed by atoms with Gasteiger partial charge in [-0.2, -0.15) is 13.2 Å². The number of amides is 12. The van der Waals surface area contributed by atoms with E-state index in [0.717, 1.165) is 59.6 Å². The van der Waals surface area contributed by atoms with Crippen molar-refractivity contribution in [2.45, 2.75) is 268 Å². The van der Waals surface area contributed by atoms with Gasteiger partial charge >= 0.3 is 6.18 Å². The molecule has 25 nitrogen and oxygen atoms in total. The molecule has 7 rings (SSSR count). The highest BCUT2D eigenvalue weighted by Gasteiger charge is 2.59. The zero-order valence-electron chi connectivity index (χ0n) is 65.3. The van der Waals surface area contributed by atoms with Gasteiger partial charge in [0.1, 0.15) is 72.1 Å². The molecule has 1 spiro atoms. The molecule has 7 aliphatic rings. The Bertz CT molecular complexity index is 3160. The van der Waals surface area contributed by atoms with Gasteiger partial charge in [0.05, 0.1) is 25.6 Å². The number of likely N-dealkylation sites (N-methyl/N-ethyl adjacent to an activating group) is 7. The summed E-state index contributed by atoms with van der Waals surface area (Å²) in [6.45, 7) is 11.6. The number of nitrogens with one attached hydrogen (secondary N) is 3. The predicted molar refractivity (Wildman–Crippen MR) is 385 cm³/mol. The largest absolute Gasteiger partial charge is 0.397 e. The maximum atomic E-state index is 15.7. The van der Waals surface area contributed by atoms with Crippen LogP contribution in [0.5, 0.6) is 0 Å². The quantitative estimate of drug-likeness (QED) is 0.129. The molecular weight excluding hydrogens is 1380 g/mol. The van der Waals surface area contributed by atoms with E-state index in [9.17, 15) is 41.9 Å². The molecule has 12 atom stereocenters. The van der Waals surface area contributed by atoms with E-state index in [1.165, 1.54) is 85.8 Å². The number of nitrogens with zero attached hydrogens (tertiary/aromatic N) is 9. The number of rotatable bonds is 14. The van der Waals surface area contributed by atoms with Crippen LogP contribution in [0.15, 0.2) is 12.2 Å². The third-order valence-electron chi connectivity index (χ3n) is 24.0. The van der Waals surface area contributed by atoms with Crippen LogP contribution in [0.1, 0.15) is 190 Å². The van der Waals surface area contributed by atoms with Crippen LogP contribution in [0.3, 0.4) is 0 Å². The van der Waals surface area contributed by atoms with Crippen molar-refractivity contribution in [3.8, 4) is 0 Å². The molecule has 0 aromatic rings. The van der Waals surface area contributed by atoms with Gasteiger partial charge in [-0.1, -0.05) is 111 Å². The van der Waals surface area contributed by atoms with Gasteiger partial charge in [0.15, 0.2) is 0 Å². The van der Waals surface area contributed by atoms with Crippen molar-refractivity contribution in [1.29, 1.82) is 0 Å². The van der Waals surface area contributed by atoms with E-state index >= 15 is 37.5 Å². The minimum atomic E-state index is -5.18. The monoisotopic (exact) mass is 1500 g/mol. The van der Waals surface area contributed by atoms with Crippen molar-refractivity contribution in [2.24, 2.45) is 40.9 Å². The highest BCUT2D eigenvalue weighted by atomic mass is 19.4. The molecule has 3 aliphatic heterocycles. The van der Waals surface area contributed by atoms with E-state index in [1.807, 2.05) is 26.8 Å². The van der Waals surface area contributed by atoms with Crippen LogP contribution in [-0.4, -0.2) is 283 Å². The van der Waals surface area contributed by atoms with Crippen LogP contribution in [0.2, 0.25) is 0 Å². The van der Waals surface area contributed by atoms with E-state index in [-0.39, 0.29) is 82.9 Å². The molecular formula is C76H121F5N12O13. The van der Waals surface area contributed by atoms with Crippen LogP contribution in [0.4, 0.5) is 22.0 Å². The smallest absolute Gasteiger partial charge is 0.377 e. The summed E-state index contributed by atoms with van der Waals surface area (Å²) in [6, 6.07) is -10.6. The molecule has 12 amide bonds. The van der Waals surface area contributed by atoms with Crippen molar-refractivity contribution in [3.05, 3.63) is 12.2 Å². The Labute approximate surface area is 623 Å². The second-order valence-electron chi connectivity index (χ2n) is 32.9. The lowest BCUT2D eigenvalue weighted by Crippen LogP contribution is -2.71. The van der Waals surface area contributed by atoms with Crippen molar-refractivity contribution < 1.29 is 84.2 Å². The van der Waals surface area contributed by atoms with E-state index in [2.05, 4.69) is 22.9 Å². The van der Waals surface area contributed by atoms with Crippen LogP contribution in [0.25, 0.3) is 0 Å². The Morgan fingerprint density at radius 2 is 1.26 bits per heavy atom. The third-order valence-corrected chi connectivity index (χ3v) is 24.0. The van der Waals surface area contributed by atoms with Crippen molar-refractivity contribution in [2.75, 3.05) is 89.2 Å². The minimum Gasteiger partial charge on any atom is -0.377 e. The number of fused-ring (bicyclic) bond motifs is 3. The minimum absolute atomic E-state index is 0.0139. The molecule has 30 heteroatoms. The Balaban J connectivity index is 1.33. The number of ether oxygens (including phenoxy) is 1. The van der Waals surface area contributed by atoms with Gasteiger partial charge in [-0.05, 0) is 113 Å². The number of hydrogen-bond donors (Lipinski definition) is 3. The normalized spacial score (nSPS) is 32.5. The summed E-state index contributed by atoms with van der Waals surface area (Å²) in [7, 11) is 11.3. The van der Waals surface area contributed by atoms with E-state index < -0.39 is 211 Å². The summed E-state index contributed by atoms with van der Waals surface area (Å²) >= 11 is 0. The number of carbonyl (C=O) groups excluding carboxylic acids is 12. The summed E-state index contributed by atoms with van der Waals surface area (Å²) in [4.78, 5) is 192. The van der Waals surface area contributed by atoms with E-state index in [1.54, 1.807) is 26.8 Å². The topological polar surface area (TPSA) is 279 Å². The Morgan fingerprint density at radius 3 is 1.83 bits per heavy atom. The summed E-state index contributed by atoms with van der Waals surface area (Å²) in [5.74, 6) is -12.7. The van der Waals surface area contributed by atoms with Crippen LogP contribution in [-0.2, 0) is 62.3 Å². The van der Waals surface area contributed by atoms with Gasteiger partial charge in [-0.3, -0.25) is 57.5 Å². The summed E-state index contributed by atoms with van der Waals surface area (Å²) in [5, 5.41) is 8.62. The van der Waals surface area contributed by atoms with Crippen molar-refractivity contribution in [3.63, 3.8) is 0 Å². The summed E-state index contributed by atoms with van der Waals surface area (Å²) in [6.07, 6.45) is -3.38. The summed E-state index contributed by atoms with van der Waals surface area (Å²) < 4.78 is 79.1. The molecule has 2 bridgehead atoms. The SMILES string of the molecule is CCC[C@H]1C(=O)N[C@@H]([C@@H](C)CC)C(=O)N(C)CC(=O)N(C)[C@H]2C/C=C\CCN(C2=O)[C@@H](CC2CCC(C)CC2)C(=O)N(C)CC(=O)N[C@@H](CCC2CC(F)C(C(F)(F)F)C(F)C2)C(=O)N2C[C@H](OCC)C[C@H]2C(=O)NC2(CC(C)(C)C2)C(=O)N(C)[C@@H](CC2CCC2)C(=O)N(C)[C@H](C(=O)N(C)C)CC(=O)N1C. The van der Waals surface area contributed by atoms with E-state index in [4.69, 9.17) is 4.74 Å². The second kappa shape index (κ2) is 36.9. The Morgan fingerprint density at radius 1 is 0.651 bits per heavy atom. The molecule has 2 unspecified atom stereocenters. The molecule has 4 saturated carbocycles. The highest BCUT2D eigenvalue weighted by Crippen LogP contribution is 2.50. The van der Waals surface area contributed by atoms with Crippen LogP contribution < -0.4 is 16.0 Å². The number of halogens is 5. The average molecular weight is 1510 g/mol. The van der Waals surface area contributed by atoms with Crippen LogP contribution >= 0.6 is 0 Å². The molecule has 6 fully saturated rings. The molecule has 106 heavy (non-hydrogen) atoms. The lowest BCUT2D eigenvalue weighted by molar-refractivity contribution is -0.219. The first-order valence-corrected chi connectivity index (χ1v) is 38.6. The van der Waals surface area contributed by atoms with Crippen molar-refractivity contribution >= 4 is 70.9 Å². The maximum absolute atomic E-state index is 15.7. The number of carbonyl (C=O) groups is 12. The molecule has 0 radical (unpaired) electrons. The highest BCUT2D eigenvalue weighted by molar-refractivity contribution is 6.01. The van der Waals surface area contributed by atoms with Gasteiger partial charge in [-0.25, -0.2) is 8.78 Å². The zero-order chi connectivity index (χ0) is 78.8. The fourth-order valence-corrected chi connectivity index (χ4v) is 17.2. The number of hydrogen-bond acceptors (Lipinski definition) is 13. The van der Waals surface area contributed by atoms with Gasteiger partial charge in [0, 0.05) is 82.5 Å². The first-order chi connectivity index (χ1) is 49.7. The van der Waals surface area contributed by atoms with Gasteiger partial charge in [0.2, 0.25) is 70.9 Å². The molecule has 0 aromatic carbocycles. The first kappa shape index (κ1) is 86.2. The molecule has 0 aromatic heterocycles. The average Bonchev–Trinajstić information content (AvgIpc) is 0.908. The summed E-state index contributed by atoms with van der Waals surface area (Å²) in [5.41, 5.74) is -2.28. The molecule has 598 valence electrons. The number of alkyl halides is 5. The van der Waals surface area contributed by atoms with Crippen molar-refractivity contribution in [1.82, 2.24) is 60.0 Å². The molecule has 2 saturated heterocycles. The lowest BCUT2D eigenvalue weighted by atomic mass is 9.58. The van der Waals surface area contributed by atoms with E-state index in [0.29, 0.717) is 25.2 Å². The Kier molecular flexibility index (Phi) is 30.0. The fourth-order valence-electron chi connectivity index (χ4n) is 17.2. The Hall–Kier alpha value is -7.01. The fraction of sp³-hybridized carbons (Fsp3) is 0.816. The molecule has 4 aliphatic carbocycles. The first-order valence-electron chi connectivity index (χ1n) is 38.6. The van der Waals surface area contributed by atoms with Gasteiger partial charge in [-0.15, -0.1) is 0 Å². The van der Waals surface area contributed by atoms with Gasteiger partial charge in [0.25, 0.3) is 0 Å². The zero-order valence-corrected chi connectivity index (χ0v) is 65.3. The molecule has 3 N–H and O–H groups in total. The predicted octanol–water partition coefficient (Wildman–Crippen LogP) is 6.20. The third kappa shape index (κ3) is 20.9. The lowest BCUT2D eigenvalue weighted by Gasteiger charge is -2.54. The van der Waals surface area contributed by atoms with Crippen LogP contribution in [0, 0.1) is 40.9 Å². The molecule has 3 heterocycles. The maximum Gasteiger partial charge on any atom is 0.397 e.